The van der Waals surface area contributed by atoms with Crippen molar-refractivity contribution in [3.05, 3.63) is 36.2 Å². The lowest BCUT2D eigenvalue weighted by Crippen LogP contribution is -2.11. The molecule has 1 aromatic carbocycles. The van der Waals surface area contributed by atoms with Crippen molar-refractivity contribution >= 4 is 17.9 Å². The van der Waals surface area contributed by atoms with Crippen LogP contribution in [-0.2, 0) is 16.1 Å². The van der Waals surface area contributed by atoms with E-state index in [2.05, 4.69) is 15.0 Å². The maximum atomic E-state index is 11.6. The molecular weight excluding hydrogens is 286 g/mol. The smallest absolute Gasteiger partial charge is 0.306 e. The molecule has 116 valence electrons. The summed E-state index contributed by atoms with van der Waals surface area (Å²) in [6, 6.07) is 9.39. The molecule has 0 atom stereocenters. The van der Waals surface area contributed by atoms with Crippen LogP contribution in [0.15, 0.2) is 30.3 Å². The van der Waals surface area contributed by atoms with Gasteiger partial charge in [-0.3, -0.25) is 4.79 Å². The van der Waals surface area contributed by atoms with Gasteiger partial charge in [0.2, 0.25) is 11.9 Å². The predicted octanol–water partition coefficient (Wildman–Crippen LogP) is 0.938. The lowest BCUT2D eigenvalue weighted by Gasteiger charge is -2.06. The highest BCUT2D eigenvalue weighted by atomic mass is 16.5. The Morgan fingerprint density at radius 1 is 1.05 bits per heavy atom. The Bertz CT molecular complexity index is 601. The Balaban J connectivity index is 1.65. The molecule has 8 nitrogen and oxygen atoms in total. The van der Waals surface area contributed by atoms with Gasteiger partial charge in [-0.05, 0) is 18.6 Å². The molecule has 2 aromatic rings. The van der Waals surface area contributed by atoms with E-state index < -0.39 is 0 Å². The summed E-state index contributed by atoms with van der Waals surface area (Å²) < 4.78 is 10.5. The van der Waals surface area contributed by atoms with Gasteiger partial charge in [-0.1, -0.05) is 18.2 Å². The van der Waals surface area contributed by atoms with Gasteiger partial charge in [-0.2, -0.15) is 15.0 Å². The average molecular weight is 303 g/mol. The molecule has 1 heterocycles. The first-order chi connectivity index (χ1) is 10.6. The minimum absolute atomic E-state index is 0.00481. The lowest BCUT2D eigenvalue weighted by atomic mass is 10.3. The van der Waals surface area contributed by atoms with Crippen molar-refractivity contribution in [1.29, 1.82) is 0 Å². The van der Waals surface area contributed by atoms with Crippen LogP contribution >= 0.6 is 0 Å². The highest BCUT2D eigenvalue weighted by Gasteiger charge is 2.07. The fraction of sp³-hybridized carbons (Fsp3) is 0.286. The Hall–Kier alpha value is -2.90. The first-order valence-electron chi connectivity index (χ1n) is 6.73. The molecule has 0 bridgehead atoms. The lowest BCUT2D eigenvalue weighted by molar-refractivity contribution is -0.145. The van der Waals surface area contributed by atoms with Crippen molar-refractivity contribution in [2.45, 2.75) is 19.4 Å². The van der Waals surface area contributed by atoms with E-state index in [-0.39, 0.29) is 36.7 Å². The van der Waals surface area contributed by atoms with E-state index in [1.165, 1.54) is 0 Å². The molecule has 0 radical (unpaired) electrons. The molecule has 1 aromatic heterocycles. The number of rotatable bonds is 7. The van der Waals surface area contributed by atoms with E-state index in [4.69, 9.17) is 20.9 Å². The van der Waals surface area contributed by atoms with Gasteiger partial charge in [0, 0.05) is 6.42 Å². The van der Waals surface area contributed by atoms with Gasteiger partial charge in [0.25, 0.3) is 0 Å². The zero-order valence-corrected chi connectivity index (χ0v) is 11.9. The molecule has 0 aliphatic rings. The third-order valence-corrected chi connectivity index (χ3v) is 2.62. The van der Waals surface area contributed by atoms with Crippen molar-refractivity contribution in [2.75, 3.05) is 18.1 Å². The number of aromatic nitrogens is 3. The van der Waals surface area contributed by atoms with Crippen molar-refractivity contribution in [1.82, 2.24) is 15.0 Å². The van der Waals surface area contributed by atoms with Crippen LogP contribution in [0, 0.1) is 0 Å². The topological polar surface area (TPSA) is 126 Å². The summed E-state index contributed by atoms with van der Waals surface area (Å²) in [6.07, 6.45) is 0.790. The summed E-state index contributed by atoms with van der Waals surface area (Å²) in [7, 11) is 0. The maximum Gasteiger partial charge on any atom is 0.306 e. The average Bonchev–Trinajstić information content (AvgIpc) is 2.50. The molecule has 0 unspecified atom stereocenters. The number of anilines is 2. The third-order valence-electron chi connectivity index (χ3n) is 2.62. The standard InChI is InChI=1S/C14H17N5O3/c15-13-17-11(18-14(16)19-13)9-22-12(20)7-4-8-21-10-5-2-1-3-6-10/h1-3,5-6H,4,7-9H2,(H4,15,16,17,18,19). The number of hydrogen-bond acceptors (Lipinski definition) is 8. The van der Waals surface area contributed by atoms with Gasteiger partial charge in [0.1, 0.15) is 5.75 Å². The second-order valence-electron chi connectivity index (χ2n) is 4.39. The van der Waals surface area contributed by atoms with E-state index in [1.807, 2.05) is 30.3 Å². The minimum atomic E-state index is -0.366. The van der Waals surface area contributed by atoms with Crippen LogP contribution in [0.4, 0.5) is 11.9 Å². The van der Waals surface area contributed by atoms with Crippen LogP contribution in [0.5, 0.6) is 5.75 Å². The fourth-order valence-corrected chi connectivity index (χ4v) is 1.66. The Labute approximate surface area is 127 Å². The highest BCUT2D eigenvalue weighted by Crippen LogP contribution is 2.09. The van der Waals surface area contributed by atoms with Crippen molar-refractivity contribution in [3.63, 3.8) is 0 Å². The van der Waals surface area contributed by atoms with Gasteiger partial charge >= 0.3 is 5.97 Å². The number of hydrogen-bond donors (Lipinski definition) is 2. The molecule has 2 rings (SSSR count). The van der Waals surface area contributed by atoms with Gasteiger partial charge < -0.3 is 20.9 Å². The number of benzene rings is 1. The molecule has 0 fully saturated rings. The van der Waals surface area contributed by atoms with Crippen LogP contribution < -0.4 is 16.2 Å². The predicted molar refractivity (Wildman–Crippen MR) is 79.6 cm³/mol. The van der Waals surface area contributed by atoms with Crippen molar-refractivity contribution in [2.24, 2.45) is 0 Å². The summed E-state index contributed by atoms with van der Waals surface area (Å²) in [6.45, 7) is 0.347. The zero-order valence-electron chi connectivity index (χ0n) is 11.9. The van der Waals surface area contributed by atoms with Crippen LogP contribution in [0.3, 0.4) is 0 Å². The van der Waals surface area contributed by atoms with Crippen LogP contribution in [0.2, 0.25) is 0 Å². The van der Waals surface area contributed by atoms with Crippen molar-refractivity contribution < 1.29 is 14.3 Å². The summed E-state index contributed by atoms with van der Waals surface area (Å²) in [5, 5.41) is 0. The molecule has 8 heteroatoms. The molecule has 0 aliphatic heterocycles. The largest absolute Gasteiger partial charge is 0.494 e. The quantitative estimate of drug-likeness (QED) is 0.571. The number of nitrogens with zero attached hydrogens (tertiary/aromatic N) is 3. The maximum absolute atomic E-state index is 11.6. The second kappa shape index (κ2) is 7.77. The molecular formula is C14H17N5O3. The summed E-state index contributed by atoms with van der Waals surface area (Å²) >= 11 is 0. The first-order valence-corrected chi connectivity index (χ1v) is 6.73. The SMILES string of the molecule is Nc1nc(N)nc(COC(=O)CCCOc2ccccc2)n1. The van der Waals surface area contributed by atoms with E-state index in [1.54, 1.807) is 0 Å². The number of carbonyl (C=O) groups is 1. The highest BCUT2D eigenvalue weighted by molar-refractivity contribution is 5.69. The number of nitrogen functional groups attached to an aromatic ring is 2. The number of carbonyl (C=O) groups excluding carboxylic acids is 1. The summed E-state index contributed by atoms with van der Waals surface area (Å²) in [4.78, 5) is 22.8. The van der Waals surface area contributed by atoms with E-state index >= 15 is 0 Å². The second-order valence-corrected chi connectivity index (χ2v) is 4.39. The van der Waals surface area contributed by atoms with E-state index in [0.29, 0.717) is 13.0 Å². The molecule has 0 amide bonds. The normalized spacial score (nSPS) is 10.2. The Kier molecular flexibility index (Phi) is 5.47. The van der Waals surface area contributed by atoms with Crippen LogP contribution in [0.25, 0.3) is 0 Å². The number of nitrogens with two attached hydrogens (primary N) is 2. The summed E-state index contributed by atoms with van der Waals surface area (Å²) in [5.41, 5.74) is 10.8. The Morgan fingerprint density at radius 2 is 1.73 bits per heavy atom. The van der Waals surface area contributed by atoms with E-state index in [9.17, 15) is 4.79 Å². The Morgan fingerprint density at radius 3 is 2.41 bits per heavy atom. The molecule has 0 spiro atoms. The molecule has 0 aliphatic carbocycles. The van der Waals surface area contributed by atoms with Crippen molar-refractivity contribution in [3.8, 4) is 5.75 Å². The monoisotopic (exact) mass is 303 g/mol. The number of ether oxygens (including phenoxy) is 2. The zero-order chi connectivity index (χ0) is 15.8. The minimum Gasteiger partial charge on any atom is -0.494 e. The molecule has 0 saturated carbocycles. The van der Waals surface area contributed by atoms with Gasteiger partial charge in [0.05, 0.1) is 6.61 Å². The van der Waals surface area contributed by atoms with Gasteiger partial charge in [0.15, 0.2) is 12.4 Å². The molecule has 0 saturated heterocycles. The van der Waals surface area contributed by atoms with Gasteiger partial charge in [-0.25, -0.2) is 0 Å². The number of esters is 1. The third kappa shape index (κ3) is 5.23. The fourth-order valence-electron chi connectivity index (χ4n) is 1.66. The van der Waals surface area contributed by atoms with Crippen LogP contribution in [-0.4, -0.2) is 27.5 Å². The van der Waals surface area contributed by atoms with E-state index in [0.717, 1.165) is 5.75 Å². The summed E-state index contributed by atoms with van der Waals surface area (Å²) in [5.74, 6) is 0.615. The molecule has 4 N–H and O–H groups in total. The van der Waals surface area contributed by atoms with Gasteiger partial charge in [-0.15, -0.1) is 0 Å². The number of para-hydroxylation sites is 1. The first kappa shape index (κ1) is 15.5. The molecule has 22 heavy (non-hydrogen) atoms. The van der Waals surface area contributed by atoms with Crippen LogP contribution in [0.1, 0.15) is 18.7 Å².